The maximum Gasteiger partial charge on any atom is 0.227 e. The van der Waals surface area contributed by atoms with E-state index in [9.17, 15) is 4.79 Å². The lowest BCUT2D eigenvalue weighted by Crippen LogP contribution is -2.47. The Balaban J connectivity index is 1.66. The summed E-state index contributed by atoms with van der Waals surface area (Å²) in [7, 11) is 0. The van der Waals surface area contributed by atoms with Crippen molar-refractivity contribution in [1.82, 2.24) is 15.2 Å². The normalized spacial score (nSPS) is 26.4. The maximum absolute atomic E-state index is 12.5. The second-order valence-electron chi connectivity index (χ2n) is 6.08. The highest BCUT2D eigenvalue weighted by Crippen LogP contribution is 2.35. The van der Waals surface area contributed by atoms with Crippen LogP contribution in [0.25, 0.3) is 0 Å². The van der Waals surface area contributed by atoms with E-state index in [4.69, 9.17) is 5.73 Å². The highest BCUT2D eigenvalue weighted by atomic mass is 32.1. The Hall–Kier alpha value is -1.14. The average molecular weight is 294 g/mol. The smallest absolute Gasteiger partial charge is 0.227 e. The summed E-state index contributed by atoms with van der Waals surface area (Å²) in [6, 6.07) is 0. The number of hydrogen-bond donors (Lipinski definition) is 2. The van der Waals surface area contributed by atoms with Gasteiger partial charge in [-0.15, -0.1) is 11.3 Å². The van der Waals surface area contributed by atoms with Gasteiger partial charge in [0, 0.05) is 29.9 Å². The van der Waals surface area contributed by atoms with E-state index in [0.29, 0.717) is 17.0 Å². The molecule has 2 aliphatic heterocycles. The van der Waals surface area contributed by atoms with Crippen molar-refractivity contribution in [3.8, 4) is 0 Å². The van der Waals surface area contributed by atoms with Crippen LogP contribution in [0.5, 0.6) is 0 Å². The van der Waals surface area contributed by atoms with Crippen molar-refractivity contribution in [2.45, 2.75) is 32.6 Å². The highest BCUT2D eigenvalue weighted by Gasteiger charge is 2.39. The van der Waals surface area contributed by atoms with Crippen LogP contribution in [-0.2, 0) is 11.2 Å². The number of amides is 1. The summed E-state index contributed by atoms with van der Waals surface area (Å²) in [5, 5.41) is 4.00. The Bertz CT molecular complexity index is 507. The predicted octanol–water partition coefficient (Wildman–Crippen LogP) is 1.18. The molecule has 3 heterocycles. The van der Waals surface area contributed by atoms with Gasteiger partial charge < -0.3 is 16.0 Å². The zero-order valence-corrected chi connectivity index (χ0v) is 12.8. The Kier molecular flexibility index (Phi) is 3.69. The van der Waals surface area contributed by atoms with Crippen LogP contribution >= 0.6 is 11.3 Å². The number of nitrogens with two attached hydrogens (primary N) is 1. The number of anilines is 1. The summed E-state index contributed by atoms with van der Waals surface area (Å²) in [5.74, 6) is 0.225. The molecular weight excluding hydrogens is 272 g/mol. The van der Waals surface area contributed by atoms with Gasteiger partial charge in [0.1, 0.15) is 0 Å². The number of aromatic nitrogens is 1. The fourth-order valence-electron chi connectivity index (χ4n) is 3.43. The zero-order valence-electron chi connectivity index (χ0n) is 11.9. The molecule has 2 aliphatic rings. The average Bonchev–Trinajstić information content (AvgIpc) is 2.97. The van der Waals surface area contributed by atoms with E-state index < -0.39 is 0 Å². The van der Waals surface area contributed by atoms with Gasteiger partial charge in [-0.3, -0.25) is 4.79 Å². The molecule has 1 aromatic rings. The topological polar surface area (TPSA) is 71.2 Å². The number of thiazole rings is 1. The third-order valence-electron chi connectivity index (χ3n) is 4.57. The van der Waals surface area contributed by atoms with Crippen molar-refractivity contribution < 1.29 is 4.79 Å². The van der Waals surface area contributed by atoms with Gasteiger partial charge in [0.2, 0.25) is 5.91 Å². The van der Waals surface area contributed by atoms with Gasteiger partial charge in [-0.05, 0) is 32.7 Å². The van der Waals surface area contributed by atoms with Gasteiger partial charge in [-0.2, -0.15) is 0 Å². The monoisotopic (exact) mass is 294 g/mol. The lowest BCUT2D eigenvalue weighted by atomic mass is 9.79. The number of carbonyl (C=O) groups is 1. The van der Waals surface area contributed by atoms with Gasteiger partial charge in [-0.25, -0.2) is 4.98 Å². The number of rotatable bonds is 2. The molecular formula is C14H22N4OS. The Morgan fingerprint density at radius 1 is 1.55 bits per heavy atom. The second kappa shape index (κ2) is 5.33. The van der Waals surface area contributed by atoms with Gasteiger partial charge in [-0.1, -0.05) is 0 Å². The minimum absolute atomic E-state index is 0.225. The molecule has 1 spiro atoms. The molecule has 0 aliphatic carbocycles. The third-order valence-corrected chi connectivity index (χ3v) is 5.55. The first-order valence-electron chi connectivity index (χ1n) is 7.28. The summed E-state index contributed by atoms with van der Waals surface area (Å²) in [5.41, 5.74) is 6.93. The molecule has 1 amide bonds. The third kappa shape index (κ3) is 2.67. The molecule has 20 heavy (non-hydrogen) atoms. The van der Waals surface area contributed by atoms with E-state index >= 15 is 0 Å². The standard InChI is InChI=1S/C14H22N4OS/c1-10-11(20-13(15)17-10)7-12(19)18-6-2-3-14(9-18)4-5-16-8-14/h16H,2-9H2,1H3,(H2,15,17). The Morgan fingerprint density at radius 2 is 2.40 bits per heavy atom. The Labute approximate surface area is 123 Å². The van der Waals surface area contributed by atoms with Crippen molar-refractivity contribution in [3.05, 3.63) is 10.6 Å². The van der Waals surface area contributed by atoms with Crippen molar-refractivity contribution >= 4 is 22.4 Å². The summed E-state index contributed by atoms with van der Waals surface area (Å²) in [6.07, 6.45) is 4.01. The molecule has 3 rings (SSSR count). The van der Waals surface area contributed by atoms with E-state index in [-0.39, 0.29) is 5.91 Å². The number of aryl methyl sites for hydroxylation is 1. The highest BCUT2D eigenvalue weighted by molar-refractivity contribution is 7.15. The Morgan fingerprint density at radius 3 is 3.05 bits per heavy atom. The van der Waals surface area contributed by atoms with Crippen LogP contribution in [-0.4, -0.2) is 42.0 Å². The largest absolute Gasteiger partial charge is 0.375 e. The summed E-state index contributed by atoms with van der Waals surface area (Å²) < 4.78 is 0. The lowest BCUT2D eigenvalue weighted by molar-refractivity contribution is -0.133. The fourth-order valence-corrected chi connectivity index (χ4v) is 4.25. The van der Waals surface area contributed by atoms with E-state index in [1.165, 1.54) is 24.2 Å². The number of piperidine rings is 1. The zero-order chi connectivity index (χ0) is 14.2. The number of carbonyl (C=O) groups excluding carboxylic acids is 1. The molecule has 2 saturated heterocycles. The molecule has 6 heteroatoms. The molecule has 0 bridgehead atoms. The van der Waals surface area contributed by atoms with Gasteiger partial charge in [0.05, 0.1) is 12.1 Å². The van der Waals surface area contributed by atoms with Crippen molar-refractivity contribution in [1.29, 1.82) is 0 Å². The molecule has 1 unspecified atom stereocenters. The minimum atomic E-state index is 0.225. The van der Waals surface area contributed by atoms with Gasteiger partial charge >= 0.3 is 0 Å². The van der Waals surface area contributed by atoms with Crippen LogP contribution in [0.1, 0.15) is 29.8 Å². The molecule has 1 atom stereocenters. The summed E-state index contributed by atoms with van der Waals surface area (Å²) >= 11 is 1.44. The van der Waals surface area contributed by atoms with E-state index in [2.05, 4.69) is 10.3 Å². The molecule has 2 fully saturated rings. The van der Waals surface area contributed by atoms with E-state index in [0.717, 1.165) is 43.2 Å². The van der Waals surface area contributed by atoms with Crippen molar-refractivity contribution in [2.75, 3.05) is 31.9 Å². The first-order valence-corrected chi connectivity index (χ1v) is 8.10. The fraction of sp³-hybridized carbons (Fsp3) is 0.714. The first kappa shape index (κ1) is 13.8. The SMILES string of the molecule is Cc1nc(N)sc1CC(=O)N1CCCC2(CCNC2)C1. The molecule has 1 aromatic heterocycles. The maximum atomic E-state index is 12.5. The molecule has 0 radical (unpaired) electrons. The molecule has 0 aromatic carbocycles. The van der Waals surface area contributed by atoms with Gasteiger partial charge in [0.15, 0.2) is 5.13 Å². The van der Waals surface area contributed by atoms with Crippen LogP contribution in [0.3, 0.4) is 0 Å². The number of hydrogen-bond acceptors (Lipinski definition) is 5. The number of nitrogen functional groups attached to an aromatic ring is 1. The second-order valence-corrected chi connectivity index (χ2v) is 7.20. The number of likely N-dealkylation sites (tertiary alicyclic amines) is 1. The molecule has 0 saturated carbocycles. The van der Waals surface area contributed by atoms with Crippen molar-refractivity contribution in [3.63, 3.8) is 0 Å². The minimum Gasteiger partial charge on any atom is -0.375 e. The number of nitrogens with one attached hydrogen (secondary N) is 1. The van der Waals surface area contributed by atoms with E-state index in [1.807, 2.05) is 11.8 Å². The van der Waals surface area contributed by atoms with Crippen LogP contribution in [0.2, 0.25) is 0 Å². The molecule has 3 N–H and O–H groups in total. The van der Waals surface area contributed by atoms with Crippen LogP contribution in [0.4, 0.5) is 5.13 Å². The first-order chi connectivity index (χ1) is 9.58. The molecule has 110 valence electrons. The van der Waals surface area contributed by atoms with Gasteiger partial charge in [0.25, 0.3) is 0 Å². The van der Waals surface area contributed by atoms with Crippen LogP contribution < -0.4 is 11.1 Å². The quantitative estimate of drug-likeness (QED) is 0.859. The van der Waals surface area contributed by atoms with E-state index in [1.54, 1.807) is 0 Å². The summed E-state index contributed by atoms with van der Waals surface area (Å²) in [4.78, 5) is 19.8. The van der Waals surface area contributed by atoms with Crippen molar-refractivity contribution in [2.24, 2.45) is 5.41 Å². The molecule has 5 nitrogen and oxygen atoms in total. The van der Waals surface area contributed by atoms with Crippen LogP contribution in [0.15, 0.2) is 0 Å². The summed E-state index contributed by atoms with van der Waals surface area (Å²) in [6.45, 7) is 5.88. The lowest BCUT2D eigenvalue weighted by Gasteiger charge is -2.40. The number of nitrogens with zero attached hydrogens (tertiary/aromatic N) is 2. The predicted molar refractivity (Wildman–Crippen MR) is 80.7 cm³/mol. The van der Waals surface area contributed by atoms with Crippen LogP contribution in [0, 0.1) is 12.3 Å².